The standard InChI is InChI=1S/C21H23NO5/c1-14-4-8-16(9-5-14)22-20(26)27-19(15-6-10-17(23)11-7-15)21(2,3)13-12-18(24)25/h4-13,19,23H,1-3H3,(H,22,26)(H,24,25)/b13-12+/t19-/m1/s1. The van der Waals surface area contributed by atoms with Gasteiger partial charge in [0, 0.05) is 17.2 Å². The summed E-state index contributed by atoms with van der Waals surface area (Å²) in [5.74, 6) is -1.00. The highest BCUT2D eigenvalue weighted by molar-refractivity contribution is 5.85. The summed E-state index contributed by atoms with van der Waals surface area (Å²) in [6.45, 7) is 5.48. The number of aromatic hydroxyl groups is 1. The zero-order valence-electron chi connectivity index (χ0n) is 15.5. The van der Waals surface area contributed by atoms with E-state index in [1.807, 2.05) is 19.1 Å². The lowest BCUT2D eigenvalue weighted by atomic mass is 9.82. The zero-order chi connectivity index (χ0) is 20.0. The number of carbonyl (C=O) groups excluding carboxylic acids is 1. The van der Waals surface area contributed by atoms with Gasteiger partial charge in [-0.05, 0) is 36.8 Å². The smallest absolute Gasteiger partial charge is 0.412 e. The maximum Gasteiger partial charge on any atom is 0.412 e. The number of aliphatic carboxylic acids is 1. The Hall–Kier alpha value is -3.28. The summed E-state index contributed by atoms with van der Waals surface area (Å²) < 4.78 is 5.63. The van der Waals surface area contributed by atoms with Crippen LogP contribution in [0.25, 0.3) is 0 Å². The topological polar surface area (TPSA) is 95.9 Å². The molecule has 1 amide bonds. The number of ether oxygens (including phenoxy) is 1. The number of carboxylic acids is 1. The van der Waals surface area contributed by atoms with Crippen LogP contribution in [0.1, 0.15) is 31.1 Å². The third kappa shape index (κ3) is 5.88. The Morgan fingerprint density at radius 3 is 2.22 bits per heavy atom. The van der Waals surface area contributed by atoms with Crippen LogP contribution in [-0.2, 0) is 9.53 Å². The van der Waals surface area contributed by atoms with E-state index in [1.165, 1.54) is 18.2 Å². The van der Waals surface area contributed by atoms with Crippen molar-refractivity contribution in [2.24, 2.45) is 5.41 Å². The number of carbonyl (C=O) groups is 2. The fourth-order valence-electron chi connectivity index (χ4n) is 2.56. The molecule has 0 unspecified atom stereocenters. The SMILES string of the molecule is Cc1ccc(NC(=O)O[C@H](c2ccc(O)cc2)C(C)(C)/C=C/C(=O)O)cc1. The average Bonchev–Trinajstić information content (AvgIpc) is 2.61. The second-order valence-corrected chi connectivity index (χ2v) is 6.86. The van der Waals surface area contributed by atoms with Gasteiger partial charge in [0.2, 0.25) is 0 Å². The van der Waals surface area contributed by atoms with Gasteiger partial charge in [0.15, 0.2) is 0 Å². The van der Waals surface area contributed by atoms with Gasteiger partial charge in [-0.3, -0.25) is 5.32 Å². The molecule has 27 heavy (non-hydrogen) atoms. The van der Waals surface area contributed by atoms with Crippen molar-refractivity contribution >= 4 is 17.7 Å². The fraction of sp³-hybridized carbons (Fsp3) is 0.238. The van der Waals surface area contributed by atoms with E-state index in [4.69, 9.17) is 9.84 Å². The molecular formula is C21H23NO5. The minimum Gasteiger partial charge on any atom is -0.508 e. The van der Waals surface area contributed by atoms with Gasteiger partial charge in [-0.1, -0.05) is 49.8 Å². The van der Waals surface area contributed by atoms with Crippen LogP contribution >= 0.6 is 0 Å². The Bertz CT molecular complexity index is 823. The molecule has 0 fully saturated rings. The predicted molar refractivity (Wildman–Crippen MR) is 103 cm³/mol. The molecule has 1 atom stereocenters. The highest BCUT2D eigenvalue weighted by atomic mass is 16.6. The molecule has 0 aromatic heterocycles. The van der Waals surface area contributed by atoms with Crippen LogP contribution in [0, 0.1) is 12.3 Å². The quantitative estimate of drug-likeness (QED) is 0.644. The molecule has 142 valence electrons. The highest BCUT2D eigenvalue weighted by Gasteiger charge is 2.32. The van der Waals surface area contributed by atoms with Crippen molar-refractivity contribution in [3.05, 3.63) is 71.8 Å². The van der Waals surface area contributed by atoms with E-state index in [0.717, 1.165) is 11.6 Å². The minimum absolute atomic E-state index is 0.0838. The molecule has 0 saturated carbocycles. The Labute approximate surface area is 158 Å². The lowest BCUT2D eigenvalue weighted by Gasteiger charge is -2.31. The molecule has 6 heteroatoms. The Morgan fingerprint density at radius 2 is 1.67 bits per heavy atom. The highest BCUT2D eigenvalue weighted by Crippen LogP contribution is 2.38. The minimum atomic E-state index is -1.09. The summed E-state index contributed by atoms with van der Waals surface area (Å²) in [5, 5.41) is 21.1. The zero-order valence-corrected chi connectivity index (χ0v) is 15.5. The predicted octanol–water partition coefficient (Wildman–Crippen LogP) is 4.66. The second kappa shape index (κ2) is 8.40. The molecule has 3 N–H and O–H groups in total. The van der Waals surface area contributed by atoms with E-state index in [2.05, 4.69) is 5.32 Å². The Balaban J connectivity index is 2.25. The number of nitrogens with one attached hydrogen (secondary N) is 1. The van der Waals surface area contributed by atoms with Crippen molar-refractivity contribution < 1.29 is 24.5 Å². The number of rotatable bonds is 6. The third-order valence-electron chi connectivity index (χ3n) is 4.05. The van der Waals surface area contributed by atoms with Gasteiger partial charge in [0.1, 0.15) is 11.9 Å². The molecule has 0 spiro atoms. The van der Waals surface area contributed by atoms with Gasteiger partial charge >= 0.3 is 12.1 Å². The number of phenols is 1. The molecule has 0 bridgehead atoms. The summed E-state index contributed by atoms with van der Waals surface area (Å²) in [7, 11) is 0. The lowest BCUT2D eigenvalue weighted by molar-refractivity contribution is -0.131. The van der Waals surface area contributed by atoms with Gasteiger partial charge < -0.3 is 14.9 Å². The van der Waals surface area contributed by atoms with Crippen LogP contribution in [0.3, 0.4) is 0 Å². The van der Waals surface area contributed by atoms with Crippen LogP contribution in [-0.4, -0.2) is 22.3 Å². The van der Waals surface area contributed by atoms with Crippen LogP contribution in [0.5, 0.6) is 5.75 Å². The van der Waals surface area contributed by atoms with Crippen molar-refractivity contribution in [2.45, 2.75) is 26.9 Å². The molecule has 0 aliphatic carbocycles. The first-order valence-corrected chi connectivity index (χ1v) is 8.43. The number of hydrogen-bond donors (Lipinski definition) is 3. The number of phenolic OH excluding ortho intramolecular Hbond substituents is 1. The molecule has 0 saturated heterocycles. The van der Waals surface area contributed by atoms with Crippen molar-refractivity contribution in [1.82, 2.24) is 0 Å². The molecule has 2 rings (SSSR count). The first-order chi connectivity index (χ1) is 12.7. The van der Waals surface area contributed by atoms with Crippen LogP contribution in [0.15, 0.2) is 60.7 Å². The fourth-order valence-corrected chi connectivity index (χ4v) is 2.56. The van der Waals surface area contributed by atoms with E-state index in [-0.39, 0.29) is 5.75 Å². The molecule has 0 aliphatic heterocycles. The number of anilines is 1. The van der Waals surface area contributed by atoms with E-state index >= 15 is 0 Å². The lowest BCUT2D eigenvalue weighted by Crippen LogP contribution is -2.27. The maximum absolute atomic E-state index is 12.4. The van der Waals surface area contributed by atoms with Crippen molar-refractivity contribution in [1.29, 1.82) is 0 Å². The Morgan fingerprint density at radius 1 is 1.07 bits per heavy atom. The van der Waals surface area contributed by atoms with Gasteiger partial charge in [-0.25, -0.2) is 9.59 Å². The molecule has 0 aliphatic rings. The molecule has 0 radical (unpaired) electrons. The van der Waals surface area contributed by atoms with E-state index < -0.39 is 23.6 Å². The maximum atomic E-state index is 12.4. The van der Waals surface area contributed by atoms with Crippen LogP contribution in [0.2, 0.25) is 0 Å². The second-order valence-electron chi connectivity index (χ2n) is 6.86. The van der Waals surface area contributed by atoms with E-state index in [1.54, 1.807) is 38.1 Å². The first kappa shape index (κ1) is 20.0. The molecule has 2 aromatic carbocycles. The van der Waals surface area contributed by atoms with Gasteiger partial charge in [0.25, 0.3) is 0 Å². The van der Waals surface area contributed by atoms with Crippen LogP contribution < -0.4 is 5.32 Å². The van der Waals surface area contributed by atoms with Crippen molar-refractivity contribution in [2.75, 3.05) is 5.32 Å². The van der Waals surface area contributed by atoms with Gasteiger partial charge in [-0.15, -0.1) is 0 Å². The average molecular weight is 369 g/mol. The monoisotopic (exact) mass is 369 g/mol. The molecule has 0 heterocycles. The molecule has 6 nitrogen and oxygen atoms in total. The summed E-state index contributed by atoms with van der Waals surface area (Å²) in [6, 6.07) is 13.5. The number of benzene rings is 2. The van der Waals surface area contributed by atoms with Crippen molar-refractivity contribution in [3.63, 3.8) is 0 Å². The summed E-state index contributed by atoms with van der Waals surface area (Å²) in [4.78, 5) is 23.3. The third-order valence-corrected chi connectivity index (χ3v) is 4.05. The number of hydrogen-bond acceptors (Lipinski definition) is 4. The Kier molecular flexibility index (Phi) is 6.23. The summed E-state index contributed by atoms with van der Waals surface area (Å²) in [5.41, 5.74) is 1.48. The number of amides is 1. The van der Waals surface area contributed by atoms with Gasteiger partial charge in [0.05, 0.1) is 0 Å². The summed E-state index contributed by atoms with van der Waals surface area (Å²) in [6.07, 6.45) is 1.08. The van der Waals surface area contributed by atoms with E-state index in [9.17, 15) is 14.7 Å². The van der Waals surface area contributed by atoms with Crippen molar-refractivity contribution in [3.8, 4) is 5.75 Å². The number of carboxylic acid groups (broad SMARTS) is 1. The molecule has 2 aromatic rings. The number of aryl methyl sites for hydroxylation is 1. The normalized spacial score (nSPS) is 12.6. The van der Waals surface area contributed by atoms with Gasteiger partial charge in [-0.2, -0.15) is 0 Å². The largest absolute Gasteiger partial charge is 0.508 e. The van der Waals surface area contributed by atoms with E-state index in [0.29, 0.717) is 11.3 Å². The summed E-state index contributed by atoms with van der Waals surface area (Å²) >= 11 is 0. The van der Waals surface area contributed by atoms with Crippen LogP contribution in [0.4, 0.5) is 10.5 Å². The first-order valence-electron chi connectivity index (χ1n) is 8.43. The molecular weight excluding hydrogens is 346 g/mol.